The van der Waals surface area contributed by atoms with E-state index < -0.39 is 0 Å². The molecule has 1 aliphatic carbocycles. The largest absolute Gasteiger partial charge is 0.376 e. The predicted octanol–water partition coefficient (Wildman–Crippen LogP) is 1.63. The molecule has 0 bridgehead atoms. The molecule has 1 aromatic rings. The van der Waals surface area contributed by atoms with Crippen LogP contribution in [0.5, 0.6) is 0 Å². The predicted molar refractivity (Wildman–Crippen MR) is 79.1 cm³/mol. The summed E-state index contributed by atoms with van der Waals surface area (Å²) in [4.78, 5) is 12.7. The van der Waals surface area contributed by atoms with Crippen LogP contribution in [0.15, 0.2) is 10.9 Å². The number of aryl methyl sites for hydroxylation is 1. The van der Waals surface area contributed by atoms with Gasteiger partial charge in [-0.25, -0.2) is 0 Å². The standard InChI is InChI=1S/C16H24N2O2/c1-2-17-10-13-9-12-5-3-7-15(12)18(16(13)19)11-14-6-4-8-20-14/h9,14,17H,2-8,10-11H2,1H3. The lowest BCUT2D eigenvalue weighted by Crippen LogP contribution is -2.33. The van der Waals surface area contributed by atoms with Crippen molar-refractivity contribution in [1.82, 2.24) is 9.88 Å². The van der Waals surface area contributed by atoms with Crippen LogP contribution < -0.4 is 10.9 Å². The molecule has 3 rings (SSSR count). The first-order valence-electron chi connectivity index (χ1n) is 7.86. The second-order valence-electron chi connectivity index (χ2n) is 5.83. The lowest BCUT2D eigenvalue weighted by atomic mass is 10.1. The van der Waals surface area contributed by atoms with E-state index in [1.165, 1.54) is 17.7 Å². The number of rotatable bonds is 5. The van der Waals surface area contributed by atoms with Crippen LogP contribution in [-0.4, -0.2) is 23.8 Å². The molecule has 0 saturated carbocycles. The van der Waals surface area contributed by atoms with E-state index in [0.717, 1.165) is 50.9 Å². The van der Waals surface area contributed by atoms with Gasteiger partial charge in [-0.1, -0.05) is 6.92 Å². The monoisotopic (exact) mass is 276 g/mol. The Labute approximate surface area is 120 Å². The number of aromatic nitrogens is 1. The van der Waals surface area contributed by atoms with Crippen molar-refractivity contribution in [3.05, 3.63) is 33.2 Å². The van der Waals surface area contributed by atoms with Gasteiger partial charge >= 0.3 is 0 Å². The fraction of sp³-hybridized carbons (Fsp3) is 0.688. The van der Waals surface area contributed by atoms with Crippen molar-refractivity contribution in [2.75, 3.05) is 13.2 Å². The smallest absolute Gasteiger partial charge is 0.255 e. The van der Waals surface area contributed by atoms with Gasteiger partial charge in [0.25, 0.3) is 5.56 Å². The van der Waals surface area contributed by atoms with Crippen molar-refractivity contribution in [3.63, 3.8) is 0 Å². The molecule has 1 atom stereocenters. The number of fused-ring (bicyclic) bond motifs is 1. The van der Waals surface area contributed by atoms with Gasteiger partial charge in [0.15, 0.2) is 0 Å². The molecule has 110 valence electrons. The van der Waals surface area contributed by atoms with E-state index in [2.05, 4.69) is 18.3 Å². The van der Waals surface area contributed by atoms with E-state index in [0.29, 0.717) is 6.54 Å². The number of hydrogen-bond acceptors (Lipinski definition) is 3. The van der Waals surface area contributed by atoms with Crippen LogP contribution in [0.25, 0.3) is 0 Å². The molecule has 1 fully saturated rings. The summed E-state index contributed by atoms with van der Waals surface area (Å²) in [7, 11) is 0. The SMILES string of the molecule is CCNCc1cc2c(n(CC3CCCO3)c1=O)CCC2. The zero-order chi connectivity index (χ0) is 13.9. The Morgan fingerprint density at radius 3 is 3.05 bits per heavy atom. The van der Waals surface area contributed by atoms with Gasteiger partial charge in [0, 0.05) is 24.4 Å². The highest BCUT2D eigenvalue weighted by Gasteiger charge is 2.23. The molecule has 4 heteroatoms. The normalized spacial score (nSPS) is 21.4. The lowest BCUT2D eigenvalue weighted by Gasteiger charge is -2.18. The van der Waals surface area contributed by atoms with Crippen LogP contribution in [0.2, 0.25) is 0 Å². The summed E-state index contributed by atoms with van der Waals surface area (Å²) in [6, 6.07) is 2.12. The maximum atomic E-state index is 12.7. The third-order valence-electron chi connectivity index (χ3n) is 4.40. The first kappa shape index (κ1) is 13.8. The molecule has 1 N–H and O–H groups in total. The molecular weight excluding hydrogens is 252 g/mol. The van der Waals surface area contributed by atoms with Crippen LogP contribution in [-0.2, 0) is 30.7 Å². The summed E-state index contributed by atoms with van der Waals surface area (Å²) in [5, 5.41) is 3.27. The average Bonchev–Trinajstić information content (AvgIpc) is 3.10. The summed E-state index contributed by atoms with van der Waals surface area (Å²) in [5.74, 6) is 0. The maximum Gasteiger partial charge on any atom is 0.255 e. The van der Waals surface area contributed by atoms with E-state index in [4.69, 9.17) is 4.74 Å². The zero-order valence-corrected chi connectivity index (χ0v) is 12.3. The molecule has 2 aliphatic rings. The molecule has 0 radical (unpaired) electrons. The van der Waals surface area contributed by atoms with Crippen LogP contribution in [0, 0.1) is 0 Å². The molecular formula is C16H24N2O2. The fourth-order valence-electron chi connectivity index (χ4n) is 3.35. The molecule has 0 amide bonds. The Morgan fingerprint density at radius 1 is 1.40 bits per heavy atom. The number of pyridine rings is 1. The topological polar surface area (TPSA) is 43.3 Å². The van der Waals surface area contributed by atoms with Crippen molar-refractivity contribution < 1.29 is 4.74 Å². The van der Waals surface area contributed by atoms with Crippen molar-refractivity contribution >= 4 is 0 Å². The molecule has 2 heterocycles. The highest BCUT2D eigenvalue weighted by Crippen LogP contribution is 2.23. The van der Waals surface area contributed by atoms with Gasteiger partial charge in [-0.2, -0.15) is 0 Å². The fourth-order valence-corrected chi connectivity index (χ4v) is 3.35. The molecule has 1 aromatic heterocycles. The highest BCUT2D eigenvalue weighted by molar-refractivity contribution is 5.30. The van der Waals surface area contributed by atoms with Crippen LogP contribution in [0.3, 0.4) is 0 Å². The van der Waals surface area contributed by atoms with E-state index in [9.17, 15) is 4.79 Å². The first-order valence-corrected chi connectivity index (χ1v) is 7.86. The minimum Gasteiger partial charge on any atom is -0.376 e. The van der Waals surface area contributed by atoms with E-state index in [1.54, 1.807) is 0 Å². The Morgan fingerprint density at radius 2 is 2.30 bits per heavy atom. The molecule has 20 heavy (non-hydrogen) atoms. The van der Waals surface area contributed by atoms with E-state index in [-0.39, 0.29) is 11.7 Å². The third kappa shape index (κ3) is 2.67. The Kier molecular flexibility index (Phi) is 4.22. The van der Waals surface area contributed by atoms with Gasteiger partial charge in [0.2, 0.25) is 0 Å². The summed E-state index contributed by atoms with van der Waals surface area (Å²) < 4.78 is 7.72. The van der Waals surface area contributed by atoms with Crippen LogP contribution >= 0.6 is 0 Å². The molecule has 1 saturated heterocycles. The zero-order valence-electron chi connectivity index (χ0n) is 12.3. The molecule has 1 unspecified atom stereocenters. The number of nitrogens with zero attached hydrogens (tertiary/aromatic N) is 1. The quantitative estimate of drug-likeness (QED) is 0.889. The summed E-state index contributed by atoms with van der Waals surface area (Å²) in [5.41, 5.74) is 3.72. The van der Waals surface area contributed by atoms with Gasteiger partial charge in [0.1, 0.15) is 0 Å². The summed E-state index contributed by atoms with van der Waals surface area (Å²) >= 11 is 0. The molecule has 0 aromatic carbocycles. The second kappa shape index (κ2) is 6.10. The highest BCUT2D eigenvalue weighted by atomic mass is 16.5. The Hall–Kier alpha value is -1.13. The van der Waals surface area contributed by atoms with Crippen molar-refractivity contribution in [2.45, 2.75) is 58.2 Å². The number of ether oxygens (including phenoxy) is 1. The minimum atomic E-state index is 0.183. The Balaban J connectivity index is 1.93. The number of hydrogen-bond donors (Lipinski definition) is 1. The number of nitrogens with one attached hydrogen (secondary N) is 1. The van der Waals surface area contributed by atoms with Crippen LogP contribution in [0.1, 0.15) is 43.0 Å². The maximum absolute atomic E-state index is 12.7. The average molecular weight is 276 g/mol. The second-order valence-corrected chi connectivity index (χ2v) is 5.83. The molecule has 1 aliphatic heterocycles. The van der Waals surface area contributed by atoms with Gasteiger partial charge in [0.05, 0.1) is 12.6 Å². The van der Waals surface area contributed by atoms with Crippen molar-refractivity contribution in [3.8, 4) is 0 Å². The van der Waals surface area contributed by atoms with Crippen molar-refractivity contribution in [1.29, 1.82) is 0 Å². The van der Waals surface area contributed by atoms with E-state index in [1.807, 2.05) is 4.57 Å². The van der Waals surface area contributed by atoms with Gasteiger partial charge in [-0.3, -0.25) is 4.79 Å². The lowest BCUT2D eigenvalue weighted by molar-refractivity contribution is 0.0954. The third-order valence-corrected chi connectivity index (χ3v) is 4.40. The first-order chi connectivity index (χ1) is 9.79. The van der Waals surface area contributed by atoms with Gasteiger partial charge in [-0.15, -0.1) is 0 Å². The minimum absolute atomic E-state index is 0.183. The van der Waals surface area contributed by atoms with E-state index >= 15 is 0 Å². The molecule has 4 nitrogen and oxygen atoms in total. The van der Waals surface area contributed by atoms with Crippen molar-refractivity contribution in [2.24, 2.45) is 0 Å². The van der Waals surface area contributed by atoms with Gasteiger partial charge in [-0.05, 0) is 50.3 Å². The molecule has 0 spiro atoms. The summed E-state index contributed by atoms with van der Waals surface area (Å²) in [6.07, 6.45) is 5.76. The summed E-state index contributed by atoms with van der Waals surface area (Å²) in [6.45, 7) is 5.22. The Bertz CT molecular complexity index is 530. The van der Waals surface area contributed by atoms with Crippen LogP contribution in [0.4, 0.5) is 0 Å². The van der Waals surface area contributed by atoms with Gasteiger partial charge < -0.3 is 14.6 Å².